The van der Waals surface area contributed by atoms with E-state index in [-0.39, 0.29) is 17.4 Å². The lowest BCUT2D eigenvalue weighted by atomic mass is 9.76. The molecule has 0 saturated carbocycles. The largest absolute Gasteiger partial charge is 0.416 e. The van der Waals surface area contributed by atoms with Crippen molar-refractivity contribution in [1.82, 2.24) is 0 Å². The van der Waals surface area contributed by atoms with Crippen LogP contribution in [0.1, 0.15) is 58.6 Å². The predicted octanol–water partition coefficient (Wildman–Crippen LogP) is 10.2. The van der Waals surface area contributed by atoms with Gasteiger partial charge in [-0.3, -0.25) is 9.59 Å². The number of ketones is 1. The first-order valence-electron chi connectivity index (χ1n) is 16.8. The van der Waals surface area contributed by atoms with Crippen LogP contribution in [-0.2, 0) is 17.4 Å². The van der Waals surface area contributed by atoms with Crippen molar-refractivity contribution in [2.24, 2.45) is 5.92 Å². The first-order valence-corrected chi connectivity index (χ1v) is 16.8. The molecule has 1 N–H and O–H groups in total. The number of amides is 1. The number of hydrogen-bond donors (Lipinski definition) is 1. The van der Waals surface area contributed by atoms with Gasteiger partial charge in [0.25, 0.3) is 5.91 Å². The van der Waals surface area contributed by atoms with Gasteiger partial charge in [0.15, 0.2) is 0 Å². The number of anilines is 2. The summed E-state index contributed by atoms with van der Waals surface area (Å²) in [5.41, 5.74) is 4.25. The molecule has 49 heavy (non-hydrogen) atoms. The van der Waals surface area contributed by atoms with E-state index >= 15 is 0 Å². The molecule has 1 amide bonds. The van der Waals surface area contributed by atoms with E-state index in [2.05, 4.69) is 34.5 Å². The molecule has 1 unspecified atom stereocenters. The average molecular weight is 661 g/mol. The van der Waals surface area contributed by atoms with Gasteiger partial charge in [-0.05, 0) is 96.3 Å². The second-order valence-corrected chi connectivity index (χ2v) is 12.6. The van der Waals surface area contributed by atoms with Crippen LogP contribution in [-0.4, -0.2) is 24.8 Å². The van der Waals surface area contributed by atoms with Crippen LogP contribution in [0.5, 0.6) is 0 Å². The van der Waals surface area contributed by atoms with Gasteiger partial charge >= 0.3 is 6.18 Å². The number of aryl methyl sites for hydroxylation is 1. The summed E-state index contributed by atoms with van der Waals surface area (Å²) in [6.45, 7) is 1.64. The highest BCUT2D eigenvalue weighted by Gasteiger charge is 2.33. The lowest BCUT2D eigenvalue weighted by Gasteiger charge is -2.37. The molecule has 250 valence electrons. The topological polar surface area (TPSA) is 49.4 Å². The second kappa shape index (κ2) is 15.4. The Morgan fingerprint density at radius 1 is 0.755 bits per heavy atom. The fourth-order valence-corrected chi connectivity index (χ4v) is 6.89. The molecule has 4 nitrogen and oxygen atoms in total. The van der Waals surface area contributed by atoms with Crippen molar-refractivity contribution < 1.29 is 22.8 Å². The highest BCUT2D eigenvalue weighted by molar-refractivity contribution is 6.08. The zero-order chi connectivity index (χ0) is 34.2. The SMILES string of the molecule is O=C(Nc1ccc(N2CCC(C(C(=O)CCCc3ccccc3)c3ccccc3)CC2)cc1)c1ccccc1-c1cccc(C(F)(F)F)c1. The van der Waals surface area contributed by atoms with Crippen molar-refractivity contribution in [2.75, 3.05) is 23.3 Å². The number of rotatable bonds is 11. The molecule has 5 aromatic carbocycles. The van der Waals surface area contributed by atoms with E-state index in [1.165, 1.54) is 11.6 Å². The Morgan fingerprint density at radius 2 is 1.41 bits per heavy atom. The third-order valence-electron chi connectivity index (χ3n) is 9.41. The minimum atomic E-state index is -4.48. The molecule has 0 aromatic heterocycles. The predicted molar refractivity (Wildman–Crippen MR) is 190 cm³/mol. The number of nitrogens with zero attached hydrogens (tertiary/aromatic N) is 1. The van der Waals surface area contributed by atoms with Gasteiger partial charge in [-0.25, -0.2) is 0 Å². The molecule has 0 bridgehead atoms. The van der Waals surface area contributed by atoms with E-state index < -0.39 is 17.6 Å². The Kier molecular flexibility index (Phi) is 10.6. The van der Waals surface area contributed by atoms with Crippen molar-refractivity contribution >= 4 is 23.1 Å². The molecule has 1 aliphatic rings. The van der Waals surface area contributed by atoms with E-state index in [9.17, 15) is 22.8 Å². The monoisotopic (exact) mass is 660 g/mol. The van der Waals surface area contributed by atoms with E-state index in [0.29, 0.717) is 29.0 Å². The number of piperidine rings is 1. The normalized spacial score (nSPS) is 14.3. The molecule has 0 spiro atoms. The van der Waals surface area contributed by atoms with Crippen LogP contribution in [0.3, 0.4) is 0 Å². The summed E-state index contributed by atoms with van der Waals surface area (Å²) in [5, 5.41) is 2.91. The molecule has 1 fully saturated rings. The number of carbonyl (C=O) groups is 2. The molecule has 1 heterocycles. The minimum Gasteiger partial charge on any atom is -0.372 e. The number of benzene rings is 5. The Bertz CT molecular complexity index is 1850. The molecule has 6 rings (SSSR count). The van der Waals surface area contributed by atoms with Crippen molar-refractivity contribution in [3.63, 3.8) is 0 Å². The fraction of sp³-hybridized carbons (Fsp3) is 0.238. The van der Waals surface area contributed by atoms with Crippen LogP contribution in [0.15, 0.2) is 133 Å². The van der Waals surface area contributed by atoms with Crippen LogP contribution in [0.25, 0.3) is 11.1 Å². The molecule has 1 saturated heterocycles. The zero-order valence-corrected chi connectivity index (χ0v) is 27.2. The molecule has 0 radical (unpaired) electrons. The molecule has 0 aliphatic carbocycles. The van der Waals surface area contributed by atoms with Crippen LogP contribution >= 0.6 is 0 Å². The van der Waals surface area contributed by atoms with Crippen molar-refractivity contribution in [3.05, 3.63) is 156 Å². The summed E-state index contributed by atoms with van der Waals surface area (Å²) >= 11 is 0. The molecule has 5 aromatic rings. The second-order valence-electron chi connectivity index (χ2n) is 12.6. The van der Waals surface area contributed by atoms with Crippen LogP contribution in [0.4, 0.5) is 24.5 Å². The third kappa shape index (κ3) is 8.47. The van der Waals surface area contributed by atoms with Gasteiger partial charge in [0.2, 0.25) is 0 Å². The van der Waals surface area contributed by atoms with Crippen LogP contribution in [0.2, 0.25) is 0 Å². The summed E-state index contributed by atoms with van der Waals surface area (Å²) in [5.74, 6) is 0.0612. The summed E-state index contributed by atoms with van der Waals surface area (Å²) in [7, 11) is 0. The Hall–Kier alpha value is -5.17. The maximum Gasteiger partial charge on any atom is 0.416 e. The van der Waals surface area contributed by atoms with Gasteiger partial charge in [-0.1, -0.05) is 91.0 Å². The maximum atomic E-state index is 13.7. The number of halogens is 3. The standard InChI is InChI=1S/C42H39F3N2O2/c43-42(44,45)34-17-10-16-33(29-34)37-18-7-8-19-38(37)41(49)46-35-21-23-36(24-22-35)47-27-25-32(26-28-47)40(31-14-5-2-6-15-31)39(48)20-9-13-30-11-3-1-4-12-30/h1-8,10-12,14-19,21-24,29,32,40H,9,13,20,25-28H2,(H,46,49). The molecule has 1 atom stereocenters. The van der Waals surface area contributed by atoms with Crippen LogP contribution < -0.4 is 10.2 Å². The minimum absolute atomic E-state index is 0.115. The third-order valence-corrected chi connectivity index (χ3v) is 9.41. The van der Waals surface area contributed by atoms with Gasteiger partial charge in [0, 0.05) is 42.4 Å². The first kappa shape index (κ1) is 33.7. The molecule has 1 aliphatic heterocycles. The zero-order valence-electron chi connectivity index (χ0n) is 27.2. The summed E-state index contributed by atoms with van der Waals surface area (Å²) < 4.78 is 40.0. The fourth-order valence-electron chi connectivity index (χ4n) is 6.89. The highest BCUT2D eigenvalue weighted by Crippen LogP contribution is 2.37. The van der Waals surface area contributed by atoms with Gasteiger partial charge in [-0.2, -0.15) is 13.2 Å². The number of carbonyl (C=O) groups excluding carboxylic acids is 2. The smallest absolute Gasteiger partial charge is 0.372 e. The molecular weight excluding hydrogens is 621 g/mol. The quantitative estimate of drug-likeness (QED) is 0.153. The molecular formula is C42H39F3N2O2. The summed E-state index contributed by atoms with van der Waals surface area (Å²) in [6, 6.07) is 39.8. The number of Topliss-reactive ketones (excluding diaryl/α,β-unsaturated/α-hetero) is 1. The van der Waals surface area contributed by atoms with Crippen molar-refractivity contribution in [1.29, 1.82) is 0 Å². The maximum absolute atomic E-state index is 13.7. The van der Waals surface area contributed by atoms with Crippen molar-refractivity contribution in [2.45, 2.75) is 44.2 Å². The van der Waals surface area contributed by atoms with E-state index in [4.69, 9.17) is 0 Å². The summed E-state index contributed by atoms with van der Waals surface area (Å²) in [6.07, 6.45) is -0.389. The highest BCUT2D eigenvalue weighted by atomic mass is 19.4. The van der Waals surface area contributed by atoms with E-state index in [0.717, 1.165) is 62.2 Å². The van der Waals surface area contributed by atoms with E-state index in [1.807, 2.05) is 60.7 Å². The van der Waals surface area contributed by atoms with Crippen molar-refractivity contribution in [3.8, 4) is 11.1 Å². The average Bonchev–Trinajstić information content (AvgIpc) is 3.13. The van der Waals surface area contributed by atoms with Gasteiger partial charge in [-0.15, -0.1) is 0 Å². The Balaban J connectivity index is 1.08. The Labute approximate surface area is 285 Å². The number of nitrogens with one attached hydrogen (secondary N) is 1. The van der Waals surface area contributed by atoms with Gasteiger partial charge in [0.05, 0.1) is 5.56 Å². The van der Waals surface area contributed by atoms with Gasteiger partial charge < -0.3 is 10.2 Å². The molecule has 7 heteroatoms. The number of alkyl halides is 3. The lowest BCUT2D eigenvalue weighted by Crippen LogP contribution is -2.37. The number of hydrogen-bond acceptors (Lipinski definition) is 3. The lowest BCUT2D eigenvalue weighted by molar-refractivity contribution is -0.137. The van der Waals surface area contributed by atoms with Crippen LogP contribution in [0, 0.1) is 5.92 Å². The van der Waals surface area contributed by atoms with Gasteiger partial charge in [0.1, 0.15) is 5.78 Å². The summed E-state index contributed by atoms with van der Waals surface area (Å²) in [4.78, 5) is 29.3. The van der Waals surface area contributed by atoms with E-state index in [1.54, 1.807) is 30.3 Å². The Morgan fingerprint density at radius 3 is 2.10 bits per heavy atom. The first-order chi connectivity index (χ1) is 23.8.